The van der Waals surface area contributed by atoms with Gasteiger partial charge in [-0.3, -0.25) is 14.5 Å². The molecule has 1 heterocycles. The number of carbonyl (C=O) groups is 3. The van der Waals surface area contributed by atoms with Crippen LogP contribution in [-0.2, 0) is 11.2 Å². The smallest absolute Gasteiger partial charge is 0.323 e. The van der Waals surface area contributed by atoms with E-state index in [-0.39, 0.29) is 11.8 Å². The molecule has 7 nitrogen and oxygen atoms in total. The lowest BCUT2D eigenvalue weighted by Crippen LogP contribution is -2.31. The molecule has 1 aliphatic rings. The number of imide groups is 1. The number of nitrogens with one attached hydrogen (secondary N) is 2. The number of benzene rings is 2. The summed E-state index contributed by atoms with van der Waals surface area (Å²) >= 11 is 0. The Morgan fingerprint density at radius 3 is 2.55 bits per heavy atom. The Labute approximate surface area is 170 Å². The van der Waals surface area contributed by atoms with Crippen molar-refractivity contribution < 1.29 is 19.1 Å². The summed E-state index contributed by atoms with van der Waals surface area (Å²) in [6.45, 7) is 4.74. The summed E-state index contributed by atoms with van der Waals surface area (Å²) < 4.78 is 4.98. The Balaban J connectivity index is 1.73. The second kappa shape index (κ2) is 8.87. The van der Waals surface area contributed by atoms with Crippen molar-refractivity contribution in [2.24, 2.45) is 0 Å². The number of amides is 4. The highest BCUT2D eigenvalue weighted by molar-refractivity contribution is 6.22. The SMILES string of the molecule is CCc1cccc(C)c1NC(=O)Nc1ccc2c(c1)C(=O)N(CCCOC)C2=O. The molecule has 0 saturated carbocycles. The van der Waals surface area contributed by atoms with Crippen LogP contribution in [0, 0.1) is 6.92 Å². The Morgan fingerprint density at radius 1 is 1.07 bits per heavy atom. The second-order valence-electron chi connectivity index (χ2n) is 6.91. The quantitative estimate of drug-likeness (QED) is 0.551. The summed E-state index contributed by atoms with van der Waals surface area (Å²) in [5.41, 5.74) is 3.90. The number of anilines is 2. The van der Waals surface area contributed by atoms with Crippen molar-refractivity contribution in [3.63, 3.8) is 0 Å². The van der Waals surface area contributed by atoms with E-state index >= 15 is 0 Å². The van der Waals surface area contributed by atoms with Crippen molar-refractivity contribution >= 4 is 29.2 Å². The highest BCUT2D eigenvalue weighted by Crippen LogP contribution is 2.26. The van der Waals surface area contributed by atoms with Gasteiger partial charge in [-0.15, -0.1) is 0 Å². The molecular formula is C22H25N3O4. The maximum atomic E-state index is 12.6. The molecule has 4 amide bonds. The maximum Gasteiger partial charge on any atom is 0.323 e. The standard InChI is InChI=1S/C22H25N3O4/c1-4-15-8-5-7-14(2)19(15)24-22(28)23-16-9-10-17-18(13-16)21(27)25(20(17)26)11-6-12-29-3/h5,7-10,13H,4,6,11-12H2,1-3H3,(H2,23,24,28). The zero-order valence-electron chi connectivity index (χ0n) is 16.9. The lowest BCUT2D eigenvalue weighted by molar-refractivity contribution is 0.0638. The van der Waals surface area contributed by atoms with Crippen molar-refractivity contribution in [2.45, 2.75) is 26.7 Å². The lowest BCUT2D eigenvalue weighted by atomic mass is 10.1. The van der Waals surface area contributed by atoms with Crippen LogP contribution in [-0.4, -0.2) is 43.0 Å². The van der Waals surface area contributed by atoms with Crippen LogP contribution in [0.15, 0.2) is 36.4 Å². The third kappa shape index (κ3) is 4.30. The molecule has 0 atom stereocenters. The summed E-state index contributed by atoms with van der Waals surface area (Å²) in [5, 5.41) is 5.63. The minimum Gasteiger partial charge on any atom is -0.385 e. The Kier molecular flexibility index (Phi) is 6.29. The molecule has 29 heavy (non-hydrogen) atoms. The van der Waals surface area contributed by atoms with Gasteiger partial charge in [0.25, 0.3) is 11.8 Å². The van der Waals surface area contributed by atoms with Crippen LogP contribution in [0.25, 0.3) is 0 Å². The highest BCUT2D eigenvalue weighted by Gasteiger charge is 2.35. The average molecular weight is 395 g/mol. The molecule has 7 heteroatoms. The number of fused-ring (bicyclic) bond motifs is 1. The van der Waals surface area contributed by atoms with E-state index in [2.05, 4.69) is 10.6 Å². The number of hydrogen-bond acceptors (Lipinski definition) is 4. The summed E-state index contributed by atoms with van der Waals surface area (Å²) in [4.78, 5) is 38.7. The van der Waals surface area contributed by atoms with Gasteiger partial charge in [0.05, 0.1) is 11.1 Å². The van der Waals surface area contributed by atoms with Crippen molar-refractivity contribution in [1.82, 2.24) is 4.90 Å². The van der Waals surface area contributed by atoms with E-state index in [9.17, 15) is 14.4 Å². The Bertz CT molecular complexity index is 955. The van der Waals surface area contributed by atoms with Gasteiger partial charge in [0.1, 0.15) is 0 Å². The van der Waals surface area contributed by atoms with E-state index in [1.54, 1.807) is 25.3 Å². The van der Waals surface area contributed by atoms with Gasteiger partial charge < -0.3 is 15.4 Å². The monoisotopic (exact) mass is 395 g/mol. The van der Waals surface area contributed by atoms with E-state index < -0.39 is 6.03 Å². The number of ether oxygens (including phenoxy) is 1. The topological polar surface area (TPSA) is 87.7 Å². The zero-order chi connectivity index (χ0) is 21.0. The number of rotatable bonds is 7. The highest BCUT2D eigenvalue weighted by atomic mass is 16.5. The fraction of sp³-hybridized carbons (Fsp3) is 0.318. The number of methoxy groups -OCH3 is 1. The molecular weight excluding hydrogens is 370 g/mol. The van der Waals surface area contributed by atoms with Gasteiger partial charge in [-0.2, -0.15) is 0 Å². The minimum atomic E-state index is -0.400. The molecule has 0 saturated heterocycles. The molecule has 0 unspecified atom stereocenters. The summed E-state index contributed by atoms with van der Waals surface area (Å²) in [6.07, 6.45) is 1.37. The molecule has 0 radical (unpaired) electrons. The third-order valence-corrected chi connectivity index (χ3v) is 4.94. The van der Waals surface area contributed by atoms with Crippen LogP contribution in [0.5, 0.6) is 0 Å². The van der Waals surface area contributed by atoms with Crippen molar-refractivity contribution in [3.8, 4) is 0 Å². The molecule has 0 spiro atoms. The van der Waals surface area contributed by atoms with E-state index in [4.69, 9.17) is 4.74 Å². The second-order valence-corrected chi connectivity index (χ2v) is 6.91. The average Bonchev–Trinajstić information content (AvgIpc) is 2.94. The number of nitrogens with zero attached hydrogens (tertiary/aromatic N) is 1. The first kappa shape index (κ1) is 20.5. The number of carbonyl (C=O) groups excluding carboxylic acids is 3. The van der Waals surface area contributed by atoms with E-state index in [0.717, 1.165) is 23.2 Å². The van der Waals surface area contributed by atoms with Crippen LogP contribution in [0.4, 0.5) is 16.2 Å². The maximum absolute atomic E-state index is 12.6. The number of aryl methyl sites for hydroxylation is 2. The van der Waals surface area contributed by atoms with E-state index in [0.29, 0.717) is 36.4 Å². The normalized spacial score (nSPS) is 12.9. The van der Waals surface area contributed by atoms with E-state index in [1.807, 2.05) is 32.0 Å². The van der Waals surface area contributed by atoms with Crippen LogP contribution in [0.2, 0.25) is 0 Å². The third-order valence-electron chi connectivity index (χ3n) is 4.94. The summed E-state index contributed by atoms with van der Waals surface area (Å²) in [6, 6.07) is 10.2. The fourth-order valence-electron chi connectivity index (χ4n) is 3.42. The van der Waals surface area contributed by atoms with Crippen LogP contribution >= 0.6 is 0 Å². The van der Waals surface area contributed by atoms with Crippen molar-refractivity contribution in [3.05, 3.63) is 58.7 Å². The lowest BCUT2D eigenvalue weighted by Gasteiger charge is -2.14. The summed E-state index contributed by atoms with van der Waals surface area (Å²) in [7, 11) is 1.58. The molecule has 2 aromatic rings. The van der Waals surface area contributed by atoms with Gasteiger partial charge in [-0.25, -0.2) is 4.79 Å². The van der Waals surface area contributed by atoms with Gasteiger partial charge in [0, 0.05) is 31.6 Å². The van der Waals surface area contributed by atoms with Crippen molar-refractivity contribution in [1.29, 1.82) is 0 Å². The van der Waals surface area contributed by atoms with Gasteiger partial charge in [-0.05, 0) is 49.1 Å². The molecule has 1 aliphatic heterocycles. The zero-order valence-corrected chi connectivity index (χ0v) is 16.9. The van der Waals surface area contributed by atoms with Crippen LogP contribution in [0.1, 0.15) is 45.2 Å². The first-order valence-corrected chi connectivity index (χ1v) is 9.62. The summed E-state index contributed by atoms with van der Waals surface area (Å²) in [5.74, 6) is -0.665. The molecule has 2 aromatic carbocycles. The molecule has 0 aromatic heterocycles. The predicted octanol–water partition coefficient (Wildman–Crippen LogP) is 3.83. The Hall–Kier alpha value is -3.19. The van der Waals surface area contributed by atoms with Crippen LogP contribution in [0.3, 0.4) is 0 Å². The Morgan fingerprint density at radius 2 is 1.83 bits per heavy atom. The van der Waals surface area contributed by atoms with E-state index in [1.165, 1.54) is 4.90 Å². The fourth-order valence-corrected chi connectivity index (χ4v) is 3.42. The van der Waals surface area contributed by atoms with Gasteiger partial charge in [-0.1, -0.05) is 25.1 Å². The van der Waals surface area contributed by atoms with Gasteiger partial charge in [0.2, 0.25) is 0 Å². The van der Waals surface area contributed by atoms with Gasteiger partial charge in [0.15, 0.2) is 0 Å². The molecule has 3 rings (SSSR count). The van der Waals surface area contributed by atoms with Gasteiger partial charge >= 0.3 is 6.03 Å². The number of para-hydroxylation sites is 1. The first-order chi connectivity index (χ1) is 14.0. The molecule has 0 aliphatic carbocycles. The largest absolute Gasteiger partial charge is 0.385 e. The predicted molar refractivity (Wildman–Crippen MR) is 112 cm³/mol. The number of hydrogen-bond donors (Lipinski definition) is 2. The molecule has 2 N–H and O–H groups in total. The molecule has 0 bridgehead atoms. The molecule has 0 fully saturated rings. The molecule has 152 valence electrons. The minimum absolute atomic E-state index is 0.301. The first-order valence-electron chi connectivity index (χ1n) is 9.62. The van der Waals surface area contributed by atoms with Crippen molar-refractivity contribution in [2.75, 3.05) is 30.9 Å². The number of urea groups is 1. The van der Waals surface area contributed by atoms with Crippen LogP contribution < -0.4 is 10.6 Å².